The van der Waals surface area contributed by atoms with Gasteiger partial charge in [-0.1, -0.05) is 39.8 Å². The van der Waals surface area contributed by atoms with Crippen molar-refractivity contribution in [2.45, 2.75) is 52.0 Å². The quantitative estimate of drug-likeness (QED) is 0.792. The Morgan fingerprint density at radius 3 is 2.50 bits per heavy atom. The number of phenolic OH excluding ortho intramolecular Hbond substituents is 1. The molecule has 0 bridgehead atoms. The van der Waals surface area contributed by atoms with Crippen molar-refractivity contribution in [2.75, 3.05) is 6.54 Å². The van der Waals surface area contributed by atoms with Gasteiger partial charge in [-0.2, -0.15) is 0 Å². The molecule has 2 rings (SSSR count). The molecule has 0 aliphatic carbocycles. The second-order valence-electron chi connectivity index (χ2n) is 6.67. The Labute approximate surface area is 110 Å². The summed E-state index contributed by atoms with van der Waals surface area (Å²) in [4.78, 5) is 0. The third-order valence-electron chi connectivity index (χ3n) is 3.89. The van der Waals surface area contributed by atoms with E-state index >= 15 is 0 Å². The number of piperidine rings is 1. The summed E-state index contributed by atoms with van der Waals surface area (Å²) in [6.07, 6.45) is 2.47. The fourth-order valence-electron chi connectivity index (χ4n) is 2.65. The van der Waals surface area contributed by atoms with Crippen LogP contribution in [-0.4, -0.2) is 11.7 Å². The largest absolute Gasteiger partial charge is 0.508 e. The minimum absolute atomic E-state index is 0.0119. The molecule has 1 fully saturated rings. The van der Waals surface area contributed by atoms with E-state index in [4.69, 9.17) is 0 Å². The fourth-order valence-corrected chi connectivity index (χ4v) is 2.65. The van der Waals surface area contributed by atoms with Gasteiger partial charge in [-0.3, -0.25) is 0 Å². The summed E-state index contributed by atoms with van der Waals surface area (Å²) in [6.45, 7) is 9.81. The second-order valence-corrected chi connectivity index (χ2v) is 6.67. The third-order valence-corrected chi connectivity index (χ3v) is 3.89. The number of aromatic hydroxyl groups is 1. The molecular formula is C16H25NO. The van der Waals surface area contributed by atoms with Crippen LogP contribution in [0.2, 0.25) is 0 Å². The molecule has 1 saturated heterocycles. The van der Waals surface area contributed by atoms with E-state index in [0.29, 0.717) is 11.8 Å². The Morgan fingerprint density at radius 2 is 1.94 bits per heavy atom. The molecule has 1 heterocycles. The molecule has 1 aromatic rings. The maximum absolute atomic E-state index is 9.99. The zero-order valence-electron chi connectivity index (χ0n) is 12.0. The van der Waals surface area contributed by atoms with Crippen molar-refractivity contribution >= 4 is 0 Å². The summed E-state index contributed by atoms with van der Waals surface area (Å²) in [5.41, 5.74) is 2.34. The zero-order chi connectivity index (χ0) is 13.3. The van der Waals surface area contributed by atoms with Gasteiger partial charge in [-0.05, 0) is 47.9 Å². The van der Waals surface area contributed by atoms with Crippen LogP contribution in [0, 0.1) is 5.92 Å². The number of benzene rings is 1. The van der Waals surface area contributed by atoms with Gasteiger partial charge in [0.25, 0.3) is 0 Å². The normalized spacial score (nSPS) is 25.1. The predicted octanol–water partition coefficient (Wildman–Crippen LogP) is 3.75. The van der Waals surface area contributed by atoms with Crippen LogP contribution in [0.15, 0.2) is 18.2 Å². The molecule has 0 saturated carbocycles. The molecule has 1 aliphatic heterocycles. The standard InChI is InChI=1S/C16H25NO/c1-11-5-7-14(17-10-11)12-6-8-15(18)13(9-12)16(2,3)4/h6,8-9,11,14,17-18H,5,7,10H2,1-4H3/t11-,14+/m0/s1. The van der Waals surface area contributed by atoms with Gasteiger partial charge in [0, 0.05) is 6.04 Å². The van der Waals surface area contributed by atoms with E-state index in [0.717, 1.165) is 18.0 Å². The first kappa shape index (κ1) is 13.4. The van der Waals surface area contributed by atoms with Gasteiger partial charge in [0.1, 0.15) is 5.75 Å². The van der Waals surface area contributed by atoms with E-state index in [2.05, 4.69) is 45.1 Å². The SMILES string of the molecule is C[C@H]1CC[C@H](c2ccc(O)c(C(C)(C)C)c2)NC1. The summed E-state index contributed by atoms with van der Waals surface area (Å²) in [6, 6.07) is 6.51. The minimum Gasteiger partial charge on any atom is -0.508 e. The molecule has 0 spiro atoms. The molecule has 2 heteroatoms. The molecule has 1 aromatic carbocycles. The fraction of sp³-hybridized carbons (Fsp3) is 0.625. The van der Waals surface area contributed by atoms with Gasteiger partial charge < -0.3 is 10.4 Å². The highest BCUT2D eigenvalue weighted by Gasteiger charge is 2.23. The smallest absolute Gasteiger partial charge is 0.119 e. The number of nitrogens with one attached hydrogen (secondary N) is 1. The van der Waals surface area contributed by atoms with Gasteiger partial charge in [0.15, 0.2) is 0 Å². The Bertz CT molecular complexity index is 412. The number of hydrogen-bond donors (Lipinski definition) is 2. The lowest BCUT2D eigenvalue weighted by molar-refractivity contribution is 0.332. The van der Waals surface area contributed by atoms with Crippen molar-refractivity contribution < 1.29 is 5.11 Å². The monoisotopic (exact) mass is 247 g/mol. The van der Waals surface area contributed by atoms with Crippen LogP contribution in [0.25, 0.3) is 0 Å². The number of phenols is 1. The molecule has 18 heavy (non-hydrogen) atoms. The summed E-state index contributed by atoms with van der Waals surface area (Å²) in [7, 11) is 0. The van der Waals surface area contributed by atoms with Crippen LogP contribution in [0.3, 0.4) is 0 Å². The second kappa shape index (κ2) is 4.93. The lowest BCUT2D eigenvalue weighted by Gasteiger charge is -2.29. The van der Waals surface area contributed by atoms with Gasteiger partial charge in [0.05, 0.1) is 0 Å². The molecular weight excluding hydrogens is 222 g/mol. The van der Waals surface area contributed by atoms with Crippen molar-refractivity contribution in [3.63, 3.8) is 0 Å². The molecule has 2 N–H and O–H groups in total. The van der Waals surface area contributed by atoms with Crippen LogP contribution in [0.5, 0.6) is 5.75 Å². The molecule has 0 aromatic heterocycles. The molecule has 0 unspecified atom stereocenters. The summed E-state index contributed by atoms with van der Waals surface area (Å²) < 4.78 is 0. The molecule has 1 aliphatic rings. The van der Waals surface area contributed by atoms with E-state index in [1.807, 2.05) is 6.07 Å². The summed E-state index contributed by atoms with van der Waals surface area (Å²) >= 11 is 0. The van der Waals surface area contributed by atoms with Crippen molar-refractivity contribution in [3.05, 3.63) is 29.3 Å². The summed E-state index contributed by atoms with van der Waals surface area (Å²) in [5.74, 6) is 1.19. The van der Waals surface area contributed by atoms with Crippen molar-refractivity contribution in [1.29, 1.82) is 0 Å². The first-order valence-electron chi connectivity index (χ1n) is 6.94. The van der Waals surface area contributed by atoms with Crippen LogP contribution < -0.4 is 5.32 Å². The Hall–Kier alpha value is -1.02. The first-order chi connectivity index (χ1) is 8.38. The predicted molar refractivity (Wildman–Crippen MR) is 75.9 cm³/mol. The van der Waals surface area contributed by atoms with Crippen molar-refractivity contribution in [1.82, 2.24) is 5.32 Å². The van der Waals surface area contributed by atoms with Crippen LogP contribution in [-0.2, 0) is 5.41 Å². The Morgan fingerprint density at radius 1 is 1.22 bits per heavy atom. The third kappa shape index (κ3) is 2.86. The molecule has 0 radical (unpaired) electrons. The van der Waals surface area contributed by atoms with Gasteiger partial charge in [-0.25, -0.2) is 0 Å². The average Bonchev–Trinajstić information content (AvgIpc) is 2.29. The highest BCUT2D eigenvalue weighted by atomic mass is 16.3. The maximum atomic E-state index is 9.99. The average molecular weight is 247 g/mol. The number of hydrogen-bond acceptors (Lipinski definition) is 2. The van der Waals surface area contributed by atoms with E-state index in [1.54, 1.807) is 0 Å². The molecule has 2 atom stereocenters. The molecule has 100 valence electrons. The van der Waals surface area contributed by atoms with Crippen molar-refractivity contribution in [3.8, 4) is 5.75 Å². The summed E-state index contributed by atoms with van der Waals surface area (Å²) in [5, 5.41) is 13.6. The topological polar surface area (TPSA) is 32.3 Å². The van der Waals surface area contributed by atoms with Crippen LogP contribution in [0.4, 0.5) is 0 Å². The highest BCUT2D eigenvalue weighted by Crippen LogP contribution is 2.34. The van der Waals surface area contributed by atoms with E-state index in [9.17, 15) is 5.11 Å². The Kier molecular flexibility index (Phi) is 3.67. The number of rotatable bonds is 1. The lowest BCUT2D eigenvalue weighted by Crippen LogP contribution is -2.32. The zero-order valence-corrected chi connectivity index (χ0v) is 12.0. The van der Waals surface area contributed by atoms with Gasteiger partial charge in [0.2, 0.25) is 0 Å². The van der Waals surface area contributed by atoms with Crippen LogP contribution in [0.1, 0.15) is 57.7 Å². The van der Waals surface area contributed by atoms with Crippen molar-refractivity contribution in [2.24, 2.45) is 5.92 Å². The maximum Gasteiger partial charge on any atom is 0.119 e. The lowest BCUT2D eigenvalue weighted by atomic mass is 9.83. The van der Waals surface area contributed by atoms with E-state index in [-0.39, 0.29) is 5.41 Å². The Balaban J connectivity index is 2.24. The first-order valence-corrected chi connectivity index (χ1v) is 6.94. The molecule has 2 nitrogen and oxygen atoms in total. The van der Waals surface area contributed by atoms with Crippen LogP contribution >= 0.6 is 0 Å². The minimum atomic E-state index is -0.0119. The highest BCUT2D eigenvalue weighted by molar-refractivity contribution is 5.41. The van der Waals surface area contributed by atoms with E-state index < -0.39 is 0 Å². The van der Waals surface area contributed by atoms with Gasteiger partial charge in [-0.15, -0.1) is 0 Å². The van der Waals surface area contributed by atoms with Gasteiger partial charge >= 0.3 is 0 Å². The molecule has 0 amide bonds. The van der Waals surface area contributed by atoms with E-state index in [1.165, 1.54) is 18.4 Å².